The third-order valence-electron chi connectivity index (χ3n) is 15.7. The van der Waals surface area contributed by atoms with Crippen molar-refractivity contribution in [3.05, 3.63) is 161 Å². The fourth-order valence-electron chi connectivity index (χ4n) is 10.6. The number of hydrogen-bond acceptors (Lipinski definition) is 12. The zero-order valence-electron chi connectivity index (χ0n) is 47.4. The fourth-order valence-corrected chi connectivity index (χ4v) is 11.3. The van der Waals surface area contributed by atoms with Crippen molar-refractivity contribution in [1.29, 1.82) is 0 Å². The average molecular weight is 1200 g/mol. The number of anilines is 6. The van der Waals surface area contributed by atoms with Gasteiger partial charge >= 0.3 is 7.12 Å². The summed E-state index contributed by atoms with van der Waals surface area (Å²) in [6, 6.07) is 44.0. The number of carbonyl (C=O) groups is 2. The summed E-state index contributed by atoms with van der Waals surface area (Å²) < 4.78 is 16.8. The van der Waals surface area contributed by atoms with Gasteiger partial charge < -0.3 is 28.9 Å². The summed E-state index contributed by atoms with van der Waals surface area (Å²) in [6.45, 7) is 18.2. The fraction of sp³-hybridized carbons (Fsp3) is 0.290. The maximum atomic E-state index is 12.5. The van der Waals surface area contributed by atoms with Gasteiger partial charge in [-0.15, -0.1) is 20.4 Å². The van der Waals surface area contributed by atoms with Crippen molar-refractivity contribution in [2.24, 2.45) is 10.8 Å². The Bertz CT molecular complexity index is 4060. The number of hydrogen-bond donors (Lipinski definition) is 0. The molecular weight excluding hydrogens is 1140 g/mol. The van der Waals surface area contributed by atoms with E-state index in [2.05, 4.69) is 99.3 Å². The van der Waals surface area contributed by atoms with Crippen molar-refractivity contribution in [3.63, 3.8) is 0 Å². The average Bonchev–Trinajstić information content (AvgIpc) is 2.69. The van der Waals surface area contributed by atoms with E-state index in [1.54, 1.807) is 12.7 Å². The molecule has 7 heterocycles. The van der Waals surface area contributed by atoms with E-state index in [1.165, 1.54) is 0 Å². The molecule has 10 aromatic rings. The summed E-state index contributed by atoms with van der Waals surface area (Å²) >= 11 is 16.0. The van der Waals surface area contributed by atoms with Crippen molar-refractivity contribution in [2.75, 3.05) is 46.8 Å². The van der Waals surface area contributed by atoms with Crippen LogP contribution in [0.4, 0.5) is 34.4 Å². The van der Waals surface area contributed by atoms with Crippen LogP contribution in [0.25, 0.3) is 44.5 Å². The van der Waals surface area contributed by atoms with Crippen LogP contribution in [0, 0.1) is 10.8 Å². The summed E-state index contributed by atoms with van der Waals surface area (Å²) in [5.41, 5.74) is 8.22. The number of nitrogens with zero attached hydrogens (tertiary/aromatic N) is 12. The van der Waals surface area contributed by atoms with E-state index in [1.807, 2.05) is 173 Å². The maximum Gasteiger partial charge on any atom is 0.494 e. The second-order valence-corrected chi connectivity index (χ2v) is 25.5. The van der Waals surface area contributed by atoms with Gasteiger partial charge in [0, 0.05) is 88.1 Å². The molecule has 3 aliphatic heterocycles. The van der Waals surface area contributed by atoms with Gasteiger partial charge in [0.15, 0.2) is 0 Å². The zero-order chi connectivity index (χ0) is 58.0. The third-order valence-corrected chi connectivity index (χ3v) is 16.7. The highest BCUT2D eigenvalue weighted by molar-refractivity contribution is 9.10. The van der Waals surface area contributed by atoms with Gasteiger partial charge in [0.2, 0.25) is 11.8 Å². The number of rotatable bonds is 8. The molecule has 0 spiro atoms. The van der Waals surface area contributed by atoms with Crippen LogP contribution in [-0.2, 0) is 18.9 Å². The van der Waals surface area contributed by atoms with Crippen molar-refractivity contribution in [1.82, 2.24) is 39.2 Å². The maximum absolute atomic E-state index is 12.5. The Morgan fingerprint density at radius 3 is 1.45 bits per heavy atom. The first-order valence-electron chi connectivity index (χ1n) is 27.0. The van der Waals surface area contributed by atoms with Gasteiger partial charge in [-0.05, 0) is 146 Å². The van der Waals surface area contributed by atoms with Crippen LogP contribution < -0.4 is 25.1 Å². The minimum Gasteiger partial charge on any atom is -0.399 e. The number of amides is 2. The molecule has 6 aromatic carbocycles. The van der Waals surface area contributed by atoms with Crippen LogP contribution in [0.2, 0.25) is 10.0 Å². The normalized spacial score (nSPS) is 16.9. The molecule has 0 bridgehead atoms. The molecule has 3 fully saturated rings. The number of carbonyl (C=O) groups excluding carboxylic acids is 2. The third kappa shape index (κ3) is 11.3. The summed E-state index contributed by atoms with van der Waals surface area (Å²) in [4.78, 5) is 41.9. The topological polar surface area (TPSA) is 152 Å². The minimum absolute atomic E-state index is 0.00762. The molecule has 16 nitrogen and oxygen atoms in total. The lowest BCUT2D eigenvalue weighted by Crippen LogP contribution is -2.41. The summed E-state index contributed by atoms with van der Waals surface area (Å²) in [6.07, 6.45) is 4.47. The first-order chi connectivity index (χ1) is 38.9. The molecule has 0 atom stereocenters. The lowest BCUT2D eigenvalue weighted by molar-refractivity contribution is -0.118. The predicted octanol–water partition coefficient (Wildman–Crippen LogP) is 13.3. The molecule has 0 aliphatic carbocycles. The quantitative estimate of drug-likeness (QED) is 0.133. The Morgan fingerprint density at radius 2 is 1.00 bits per heavy atom. The second-order valence-electron chi connectivity index (χ2n) is 23.7. The Morgan fingerprint density at radius 1 is 0.549 bits per heavy atom. The zero-order valence-corrected chi connectivity index (χ0v) is 50.5. The van der Waals surface area contributed by atoms with Crippen LogP contribution >= 0.6 is 39.1 Å². The van der Waals surface area contributed by atoms with Crippen LogP contribution in [0.3, 0.4) is 0 Å². The lowest BCUT2D eigenvalue weighted by Gasteiger charge is -2.32. The first kappa shape index (κ1) is 56.4. The van der Waals surface area contributed by atoms with Gasteiger partial charge in [-0.2, -0.15) is 9.97 Å². The molecule has 13 rings (SSSR count). The molecule has 0 radical (unpaired) electrons. The summed E-state index contributed by atoms with van der Waals surface area (Å²) in [5, 5.41) is 19.4. The molecule has 0 saturated carbocycles. The van der Waals surface area contributed by atoms with E-state index in [9.17, 15) is 9.59 Å². The molecule has 4 aromatic heterocycles. The van der Waals surface area contributed by atoms with Gasteiger partial charge in [-0.3, -0.25) is 18.4 Å². The molecule has 82 heavy (non-hydrogen) atoms. The number of benzene rings is 6. The van der Waals surface area contributed by atoms with Crippen molar-refractivity contribution < 1.29 is 18.9 Å². The SMILES string of the molecule is CC1(C)CC(=O)N(c2ccc(B3OC(C)(C)C(C)(C)O3)cc2)C1.CN(c1cccc(-c2ccc(N3CC(C)(C)CC3=O)cc2)c1)c1nc2nncn2c2cc(Cl)ccc12.CN(c1cccc(Br)c1)c1nc2nncn2c2cc(Cl)ccc12. The van der Waals surface area contributed by atoms with E-state index >= 15 is 0 Å². The molecule has 0 N–H and O–H groups in total. The number of aromatic nitrogens is 8. The van der Waals surface area contributed by atoms with Crippen molar-refractivity contribution in [3.8, 4) is 11.1 Å². The number of fused-ring (bicyclic) bond motifs is 6. The van der Waals surface area contributed by atoms with Gasteiger partial charge in [0.05, 0.1) is 22.2 Å². The highest BCUT2D eigenvalue weighted by atomic mass is 79.9. The monoisotopic (exact) mass is 1200 g/mol. The standard InChI is InChI=1S/C28H25ClN6O.C18H26BNO3.C16H11BrClN5/c1-28(2)15-25(36)34(16-28)21-10-7-18(8-11-21)19-5-4-6-22(13-19)33(3)26-23-12-9-20(29)14-24(23)35-17-30-32-27(35)31-26;1-16(2)11-15(21)20(12-16)14-9-7-13(8-10-14)19-22-17(3,4)18(5,6)23-19;1-22(12-4-2-3-10(17)7-12)15-13-6-5-11(18)8-14(13)23-9-19-21-16(23)20-15/h4-14,17H,15-16H2,1-3H3;7-10H,11-12H2,1-6H3;2-9H,1H3. The van der Waals surface area contributed by atoms with Crippen LogP contribution in [0.1, 0.15) is 68.2 Å². The molecular formula is C62H62BBrCl2N12O4. The Hall–Kier alpha value is -7.48. The lowest BCUT2D eigenvalue weighted by atomic mass is 9.79. The number of halogens is 3. The second kappa shape index (κ2) is 21.7. The van der Waals surface area contributed by atoms with Crippen LogP contribution in [-0.4, -0.2) is 96.5 Å². The van der Waals surface area contributed by atoms with Gasteiger partial charge in [-0.25, -0.2) is 0 Å². The molecule has 2 amide bonds. The van der Waals surface area contributed by atoms with Crippen molar-refractivity contribution in [2.45, 2.75) is 79.4 Å². The molecule has 3 aliphatic rings. The highest BCUT2D eigenvalue weighted by Crippen LogP contribution is 2.40. The Labute approximate surface area is 495 Å². The highest BCUT2D eigenvalue weighted by Gasteiger charge is 2.52. The van der Waals surface area contributed by atoms with Crippen LogP contribution in [0.5, 0.6) is 0 Å². The Kier molecular flexibility index (Phi) is 14.9. The first-order valence-corrected chi connectivity index (χ1v) is 28.6. The molecule has 3 saturated heterocycles. The van der Waals surface area contributed by atoms with Gasteiger partial charge in [-0.1, -0.05) is 109 Å². The summed E-state index contributed by atoms with van der Waals surface area (Å²) in [7, 11) is 3.61. The Balaban J connectivity index is 0.000000135. The molecule has 418 valence electrons. The van der Waals surface area contributed by atoms with Gasteiger partial charge in [0.25, 0.3) is 11.6 Å². The van der Waals surface area contributed by atoms with E-state index in [0.29, 0.717) is 34.4 Å². The van der Waals surface area contributed by atoms with Gasteiger partial charge in [0.1, 0.15) is 24.3 Å². The van der Waals surface area contributed by atoms with E-state index in [-0.39, 0.29) is 41.0 Å². The van der Waals surface area contributed by atoms with E-state index in [0.717, 1.165) is 90.3 Å². The summed E-state index contributed by atoms with van der Waals surface area (Å²) in [5.74, 6) is 3.00. The molecule has 0 unspecified atom stereocenters. The predicted molar refractivity (Wildman–Crippen MR) is 332 cm³/mol. The molecule has 20 heteroatoms. The largest absolute Gasteiger partial charge is 0.494 e. The minimum atomic E-state index is -0.361. The smallest absolute Gasteiger partial charge is 0.399 e. The van der Waals surface area contributed by atoms with E-state index < -0.39 is 0 Å². The van der Waals surface area contributed by atoms with Crippen molar-refractivity contribution >= 4 is 131 Å². The van der Waals surface area contributed by atoms with Crippen LogP contribution in [0.15, 0.2) is 151 Å². The van der Waals surface area contributed by atoms with E-state index in [4.69, 9.17) is 37.5 Å².